The fraction of sp³-hybridized carbons (Fsp3) is 0.579. The fourth-order valence-electron chi connectivity index (χ4n) is 2.36. The smallest absolute Gasteiger partial charge is 0.126 e. The Morgan fingerprint density at radius 3 is 2.00 bits per heavy atom. The topological polar surface area (TPSA) is 20.2 Å². The standard InChI is InChI=1S/C19H30O/c1-9-10-13(2)15-11-14(18(3,4)5)12-16(17(15)20)19(6,7)8/h10-12,20H,9H2,1-8H3/b13-10+. The quantitative estimate of drug-likeness (QED) is 0.722. The minimum atomic E-state index is -0.0629. The molecule has 0 unspecified atom stereocenters. The Balaban J connectivity index is 3.64. The minimum Gasteiger partial charge on any atom is -0.507 e. The van der Waals surface area contributed by atoms with Crippen molar-refractivity contribution < 1.29 is 5.11 Å². The molecule has 0 aliphatic heterocycles. The monoisotopic (exact) mass is 274 g/mol. The van der Waals surface area contributed by atoms with Gasteiger partial charge in [0.25, 0.3) is 0 Å². The zero-order valence-corrected chi connectivity index (χ0v) is 14.4. The molecule has 0 saturated heterocycles. The van der Waals surface area contributed by atoms with Gasteiger partial charge in [0, 0.05) is 11.1 Å². The highest BCUT2D eigenvalue weighted by Crippen LogP contribution is 2.40. The summed E-state index contributed by atoms with van der Waals surface area (Å²) in [5.41, 5.74) is 4.45. The van der Waals surface area contributed by atoms with Crippen LogP contribution >= 0.6 is 0 Å². The van der Waals surface area contributed by atoms with Crippen molar-refractivity contribution in [1.82, 2.24) is 0 Å². The number of benzene rings is 1. The van der Waals surface area contributed by atoms with Crippen molar-refractivity contribution in [2.24, 2.45) is 0 Å². The maximum absolute atomic E-state index is 10.7. The molecule has 0 aliphatic carbocycles. The Labute approximate surface area is 124 Å². The first-order chi connectivity index (χ1) is 8.98. The number of phenolic OH excluding ortho intramolecular Hbond substituents is 1. The molecule has 0 amide bonds. The number of phenols is 1. The Hall–Kier alpha value is -1.24. The molecule has 0 bridgehead atoms. The number of hydrogen-bond donors (Lipinski definition) is 1. The average molecular weight is 274 g/mol. The van der Waals surface area contributed by atoms with Crippen LogP contribution in [0.4, 0.5) is 0 Å². The highest BCUT2D eigenvalue weighted by Gasteiger charge is 2.25. The molecule has 1 heteroatoms. The molecule has 0 fully saturated rings. The van der Waals surface area contributed by atoms with Gasteiger partial charge in [-0.1, -0.05) is 60.6 Å². The van der Waals surface area contributed by atoms with Gasteiger partial charge in [-0.05, 0) is 41.4 Å². The molecule has 0 atom stereocenters. The first kappa shape index (κ1) is 16.8. The van der Waals surface area contributed by atoms with Crippen LogP contribution in [-0.4, -0.2) is 5.11 Å². The Morgan fingerprint density at radius 1 is 1.05 bits per heavy atom. The van der Waals surface area contributed by atoms with Crippen LogP contribution in [0.5, 0.6) is 5.75 Å². The van der Waals surface area contributed by atoms with Gasteiger partial charge in [0.2, 0.25) is 0 Å². The van der Waals surface area contributed by atoms with Gasteiger partial charge in [0.1, 0.15) is 5.75 Å². The lowest BCUT2D eigenvalue weighted by atomic mass is 9.78. The molecule has 0 spiro atoms. The Kier molecular flexibility index (Phi) is 4.74. The lowest BCUT2D eigenvalue weighted by Gasteiger charge is -2.27. The van der Waals surface area contributed by atoms with Crippen LogP contribution in [0.25, 0.3) is 5.57 Å². The lowest BCUT2D eigenvalue weighted by Crippen LogP contribution is -2.17. The third-order valence-electron chi connectivity index (χ3n) is 3.72. The molecule has 0 radical (unpaired) electrons. The normalized spacial score (nSPS) is 13.7. The van der Waals surface area contributed by atoms with E-state index < -0.39 is 0 Å². The summed E-state index contributed by atoms with van der Waals surface area (Å²) in [6.07, 6.45) is 3.16. The number of rotatable bonds is 2. The Bertz CT molecular complexity index is 508. The minimum absolute atomic E-state index is 0.0629. The molecule has 1 rings (SSSR count). The van der Waals surface area contributed by atoms with E-state index in [0.29, 0.717) is 5.75 Å². The molecule has 0 aromatic heterocycles. The SMILES string of the molecule is CC/C=C(\C)c1cc(C(C)(C)C)cc(C(C)(C)C)c1O. The summed E-state index contributed by atoms with van der Waals surface area (Å²) in [6, 6.07) is 4.31. The molecular weight excluding hydrogens is 244 g/mol. The fourth-order valence-corrected chi connectivity index (χ4v) is 2.36. The predicted molar refractivity (Wildman–Crippen MR) is 89.4 cm³/mol. The number of allylic oxidation sites excluding steroid dienone is 2. The van der Waals surface area contributed by atoms with Crippen LogP contribution in [0.1, 0.15) is 78.5 Å². The van der Waals surface area contributed by atoms with Crippen molar-refractivity contribution in [2.75, 3.05) is 0 Å². The van der Waals surface area contributed by atoms with Gasteiger partial charge in [0.15, 0.2) is 0 Å². The summed E-state index contributed by atoms with van der Waals surface area (Å²) in [7, 11) is 0. The average Bonchev–Trinajstić information content (AvgIpc) is 2.26. The molecule has 20 heavy (non-hydrogen) atoms. The highest BCUT2D eigenvalue weighted by atomic mass is 16.3. The van der Waals surface area contributed by atoms with Crippen molar-refractivity contribution in [2.45, 2.75) is 72.6 Å². The molecule has 112 valence electrons. The largest absolute Gasteiger partial charge is 0.507 e. The summed E-state index contributed by atoms with van der Waals surface area (Å²) in [5.74, 6) is 0.438. The third-order valence-corrected chi connectivity index (χ3v) is 3.72. The van der Waals surface area contributed by atoms with Gasteiger partial charge in [-0.25, -0.2) is 0 Å². The first-order valence-corrected chi connectivity index (χ1v) is 7.53. The van der Waals surface area contributed by atoms with Crippen LogP contribution in [0, 0.1) is 0 Å². The van der Waals surface area contributed by atoms with E-state index in [4.69, 9.17) is 0 Å². The molecule has 1 nitrogen and oxygen atoms in total. The third kappa shape index (κ3) is 3.65. The number of hydrogen-bond acceptors (Lipinski definition) is 1. The maximum Gasteiger partial charge on any atom is 0.126 e. The second kappa shape index (κ2) is 5.63. The van der Waals surface area contributed by atoms with Crippen LogP contribution in [0.3, 0.4) is 0 Å². The van der Waals surface area contributed by atoms with E-state index in [1.165, 1.54) is 5.56 Å². The second-order valence-electron chi connectivity index (χ2n) is 7.72. The van der Waals surface area contributed by atoms with E-state index in [2.05, 4.69) is 73.6 Å². The predicted octanol–water partition coefficient (Wildman–Crippen LogP) is 5.80. The van der Waals surface area contributed by atoms with Gasteiger partial charge < -0.3 is 5.11 Å². The van der Waals surface area contributed by atoms with E-state index in [1.54, 1.807) is 0 Å². The van der Waals surface area contributed by atoms with Gasteiger partial charge in [-0.15, -0.1) is 0 Å². The molecule has 1 N–H and O–H groups in total. The summed E-state index contributed by atoms with van der Waals surface area (Å²) in [6.45, 7) is 17.3. The van der Waals surface area contributed by atoms with Gasteiger partial charge in [-0.2, -0.15) is 0 Å². The van der Waals surface area contributed by atoms with E-state index >= 15 is 0 Å². The summed E-state index contributed by atoms with van der Waals surface area (Å²) < 4.78 is 0. The van der Waals surface area contributed by atoms with E-state index in [-0.39, 0.29) is 10.8 Å². The zero-order chi connectivity index (χ0) is 15.7. The molecule has 1 aromatic carbocycles. The first-order valence-electron chi connectivity index (χ1n) is 7.53. The van der Waals surface area contributed by atoms with Crippen LogP contribution in [0.2, 0.25) is 0 Å². The van der Waals surface area contributed by atoms with Crippen molar-refractivity contribution in [3.05, 3.63) is 34.9 Å². The number of aromatic hydroxyl groups is 1. The molecular formula is C19H30O. The maximum atomic E-state index is 10.7. The van der Waals surface area contributed by atoms with Gasteiger partial charge >= 0.3 is 0 Å². The van der Waals surface area contributed by atoms with Gasteiger partial charge in [0.05, 0.1) is 0 Å². The van der Waals surface area contributed by atoms with E-state index in [9.17, 15) is 5.11 Å². The van der Waals surface area contributed by atoms with Gasteiger partial charge in [-0.3, -0.25) is 0 Å². The molecule has 0 aliphatic rings. The lowest BCUT2D eigenvalue weighted by molar-refractivity contribution is 0.443. The van der Waals surface area contributed by atoms with Crippen LogP contribution in [-0.2, 0) is 10.8 Å². The molecule has 0 saturated carbocycles. The summed E-state index contributed by atoms with van der Waals surface area (Å²) in [5, 5.41) is 10.7. The molecule has 0 heterocycles. The van der Waals surface area contributed by atoms with E-state index in [0.717, 1.165) is 23.1 Å². The zero-order valence-electron chi connectivity index (χ0n) is 14.4. The Morgan fingerprint density at radius 2 is 1.60 bits per heavy atom. The van der Waals surface area contributed by atoms with Crippen molar-refractivity contribution in [3.63, 3.8) is 0 Å². The van der Waals surface area contributed by atoms with Crippen molar-refractivity contribution in [1.29, 1.82) is 0 Å². The van der Waals surface area contributed by atoms with Crippen molar-refractivity contribution in [3.8, 4) is 5.75 Å². The van der Waals surface area contributed by atoms with Crippen molar-refractivity contribution >= 4 is 5.57 Å². The van der Waals surface area contributed by atoms with Crippen LogP contribution < -0.4 is 0 Å². The van der Waals surface area contributed by atoms with Crippen LogP contribution in [0.15, 0.2) is 18.2 Å². The highest BCUT2D eigenvalue weighted by molar-refractivity contribution is 5.71. The second-order valence-corrected chi connectivity index (χ2v) is 7.72. The summed E-state index contributed by atoms with van der Waals surface area (Å²) >= 11 is 0. The summed E-state index contributed by atoms with van der Waals surface area (Å²) in [4.78, 5) is 0. The van der Waals surface area contributed by atoms with E-state index in [1.807, 2.05) is 0 Å². The molecule has 1 aromatic rings.